The number of nitrogens with zero attached hydrogens (tertiary/aromatic N) is 1. The van der Waals surface area contributed by atoms with E-state index in [0.29, 0.717) is 0 Å². The molecule has 0 aromatic heterocycles. The van der Waals surface area contributed by atoms with Gasteiger partial charge in [0.2, 0.25) is 0 Å². The van der Waals surface area contributed by atoms with Crippen molar-refractivity contribution < 1.29 is 0 Å². The van der Waals surface area contributed by atoms with Crippen molar-refractivity contribution in [2.75, 3.05) is 4.90 Å². The van der Waals surface area contributed by atoms with Crippen LogP contribution in [0.3, 0.4) is 0 Å². The van der Waals surface area contributed by atoms with Crippen molar-refractivity contribution in [3.63, 3.8) is 0 Å². The fourth-order valence-corrected chi connectivity index (χ4v) is 13.4. The third-order valence-corrected chi connectivity index (χ3v) is 16.2. The topological polar surface area (TPSA) is 3.24 Å². The van der Waals surface area contributed by atoms with Gasteiger partial charge in [-0.05, 0) is 140 Å². The first-order valence-corrected chi connectivity index (χ1v) is 24.3. The molecule has 0 heterocycles. The fourth-order valence-electron chi connectivity index (χ4n) is 13.4. The first-order valence-electron chi connectivity index (χ1n) is 24.3. The predicted molar refractivity (Wildman–Crippen MR) is 290 cm³/mol. The Kier molecular flexibility index (Phi) is 7.83. The molecule has 322 valence electrons. The zero-order chi connectivity index (χ0) is 45.6. The van der Waals surface area contributed by atoms with Gasteiger partial charge in [-0.3, -0.25) is 0 Å². The SMILES string of the molecule is CC1(C)c2ccccc2-c2c(N(c3ccc4c5ccccc5c5ccccc5c4c3)c3cc4c(cc3-c3cccc5ccccc35)-c3ccccc3C43c4ccccc4-c4ccccc43)cccc21. The largest absolute Gasteiger partial charge is 0.309 e. The first kappa shape index (κ1) is 38.6. The Morgan fingerprint density at radius 1 is 0.275 bits per heavy atom. The number of hydrogen-bond acceptors (Lipinski definition) is 1. The Morgan fingerprint density at radius 3 is 1.39 bits per heavy atom. The summed E-state index contributed by atoms with van der Waals surface area (Å²) in [6.07, 6.45) is 0. The van der Waals surface area contributed by atoms with E-state index in [-0.39, 0.29) is 5.41 Å². The van der Waals surface area contributed by atoms with E-state index in [1.165, 1.54) is 127 Å². The highest BCUT2D eigenvalue weighted by molar-refractivity contribution is 6.26. The van der Waals surface area contributed by atoms with Crippen LogP contribution in [0.25, 0.3) is 87.6 Å². The summed E-state index contributed by atoms with van der Waals surface area (Å²) < 4.78 is 0. The van der Waals surface area contributed by atoms with Gasteiger partial charge in [0, 0.05) is 22.2 Å². The molecule has 1 heteroatoms. The molecular formula is C68H45N. The standard InChI is InChI=1S/C68H45N/c1-67(2)58-31-13-12-29-54(58)66-62(67)35-18-36-64(66)69(43-37-38-50-48-24-6-5-22-46(48)47-23-7-8-25-49(47)55(50)39-43)65-41-63-56(40-57(65)45-30-17-20-42-19-3-4-21-44(42)45)53-28-11-16-34-61(53)68(63)59-32-14-9-26-51(59)52-27-10-15-33-60(52)68/h3-41H,1-2H3. The van der Waals surface area contributed by atoms with E-state index in [4.69, 9.17) is 0 Å². The van der Waals surface area contributed by atoms with Gasteiger partial charge in [-0.1, -0.05) is 220 Å². The zero-order valence-corrected chi connectivity index (χ0v) is 38.5. The highest BCUT2D eigenvalue weighted by Crippen LogP contribution is 2.65. The number of hydrogen-bond donors (Lipinski definition) is 0. The summed E-state index contributed by atoms with van der Waals surface area (Å²) in [6, 6.07) is 89.7. The van der Waals surface area contributed by atoms with Gasteiger partial charge in [-0.2, -0.15) is 0 Å². The molecule has 0 saturated heterocycles. The third kappa shape index (κ3) is 5.04. The maximum absolute atomic E-state index is 2.64. The fraction of sp³-hybridized carbons (Fsp3) is 0.0588. The minimum absolute atomic E-state index is 0.189. The summed E-state index contributed by atoms with van der Waals surface area (Å²) >= 11 is 0. The smallest absolute Gasteiger partial charge is 0.0726 e. The lowest BCUT2D eigenvalue weighted by molar-refractivity contribution is 0.660. The molecule has 0 bridgehead atoms. The molecule has 0 unspecified atom stereocenters. The number of benzene rings is 12. The first-order chi connectivity index (χ1) is 34.0. The summed E-state index contributed by atoms with van der Waals surface area (Å²) in [5.41, 5.74) is 21.0. The highest BCUT2D eigenvalue weighted by atomic mass is 15.1. The van der Waals surface area contributed by atoms with Crippen LogP contribution in [0.15, 0.2) is 237 Å². The van der Waals surface area contributed by atoms with E-state index in [0.717, 1.165) is 11.4 Å². The van der Waals surface area contributed by atoms with E-state index < -0.39 is 5.41 Å². The van der Waals surface area contributed by atoms with Crippen molar-refractivity contribution in [2.45, 2.75) is 24.7 Å². The quantitative estimate of drug-likeness (QED) is 0.159. The van der Waals surface area contributed by atoms with Crippen molar-refractivity contribution in [2.24, 2.45) is 0 Å². The normalized spacial score (nSPS) is 14.2. The summed E-state index contributed by atoms with van der Waals surface area (Å²) in [5.74, 6) is 0. The van der Waals surface area contributed by atoms with Crippen molar-refractivity contribution >= 4 is 60.2 Å². The van der Waals surface area contributed by atoms with Gasteiger partial charge < -0.3 is 4.90 Å². The molecule has 0 amide bonds. The monoisotopic (exact) mass is 875 g/mol. The van der Waals surface area contributed by atoms with Crippen LogP contribution in [0, 0.1) is 0 Å². The average molecular weight is 876 g/mol. The molecule has 0 aliphatic heterocycles. The van der Waals surface area contributed by atoms with Gasteiger partial charge in [0.1, 0.15) is 0 Å². The lowest BCUT2D eigenvalue weighted by Gasteiger charge is -2.34. The molecule has 3 aliphatic carbocycles. The van der Waals surface area contributed by atoms with Gasteiger partial charge in [0.15, 0.2) is 0 Å². The maximum atomic E-state index is 2.64. The van der Waals surface area contributed by atoms with Crippen molar-refractivity contribution in [1.29, 1.82) is 0 Å². The van der Waals surface area contributed by atoms with Crippen molar-refractivity contribution in [1.82, 2.24) is 0 Å². The Labute approximate surface area is 402 Å². The minimum atomic E-state index is -0.525. The Hall–Kier alpha value is -8.52. The summed E-state index contributed by atoms with van der Waals surface area (Å²) in [7, 11) is 0. The van der Waals surface area contributed by atoms with Gasteiger partial charge >= 0.3 is 0 Å². The Balaban J connectivity index is 1.13. The van der Waals surface area contributed by atoms with Crippen LogP contribution in [-0.4, -0.2) is 0 Å². The van der Waals surface area contributed by atoms with Crippen molar-refractivity contribution in [3.8, 4) is 44.5 Å². The number of fused-ring (bicyclic) bond motifs is 20. The molecule has 0 radical (unpaired) electrons. The molecule has 0 saturated carbocycles. The second-order valence-electron chi connectivity index (χ2n) is 19.9. The molecule has 69 heavy (non-hydrogen) atoms. The van der Waals surface area contributed by atoms with Gasteiger partial charge in [-0.15, -0.1) is 0 Å². The summed E-state index contributed by atoms with van der Waals surface area (Å²) in [6.45, 7) is 4.79. The predicted octanol–water partition coefficient (Wildman–Crippen LogP) is 18.1. The van der Waals surface area contributed by atoms with Gasteiger partial charge in [-0.25, -0.2) is 0 Å². The van der Waals surface area contributed by atoms with Crippen molar-refractivity contribution in [3.05, 3.63) is 270 Å². The minimum Gasteiger partial charge on any atom is -0.309 e. The summed E-state index contributed by atoms with van der Waals surface area (Å²) in [4.78, 5) is 2.64. The molecule has 0 fully saturated rings. The van der Waals surface area contributed by atoms with E-state index in [2.05, 4.69) is 255 Å². The second kappa shape index (κ2) is 14.0. The molecule has 3 aliphatic rings. The van der Waals surface area contributed by atoms with Gasteiger partial charge in [0.25, 0.3) is 0 Å². The van der Waals surface area contributed by atoms with Crippen LogP contribution in [0.4, 0.5) is 17.1 Å². The highest BCUT2D eigenvalue weighted by Gasteiger charge is 2.52. The number of rotatable bonds is 4. The second-order valence-corrected chi connectivity index (χ2v) is 19.9. The lowest BCUT2D eigenvalue weighted by Crippen LogP contribution is -2.26. The molecule has 1 spiro atoms. The van der Waals surface area contributed by atoms with E-state index in [9.17, 15) is 0 Å². The molecule has 0 atom stereocenters. The van der Waals surface area contributed by atoms with Crippen LogP contribution in [0.2, 0.25) is 0 Å². The van der Waals surface area contributed by atoms with Crippen LogP contribution in [0.1, 0.15) is 47.2 Å². The van der Waals surface area contributed by atoms with E-state index in [1.807, 2.05) is 0 Å². The van der Waals surface area contributed by atoms with Crippen LogP contribution in [-0.2, 0) is 10.8 Å². The Bertz CT molecular complexity index is 4100. The zero-order valence-electron chi connectivity index (χ0n) is 38.5. The molecular weight excluding hydrogens is 831 g/mol. The molecule has 0 N–H and O–H groups in total. The molecule has 12 aromatic rings. The van der Waals surface area contributed by atoms with E-state index >= 15 is 0 Å². The third-order valence-electron chi connectivity index (χ3n) is 16.2. The number of anilines is 3. The molecule has 1 nitrogen and oxygen atoms in total. The molecule has 12 aromatic carbocycles. The van der Waals surface area contributed by atoms with Crippen LogP contribution < -0.4 is 4.90 Å². The molecule has 15 rings (SSSR count). The average Bonchev–Trinajstić information content (AvgIpc) is 3.97. The van der Waals surface area contributed by atoms with Crippen LogP contribution >= 0.6 is 0 Å². The maximum Gasteiger partial charge on any atom is 0.0726 e. The summed E-state index contributed by atoms with van der Waals surface area (Å²) in [5, 5.41) is 10.0. The van der Waals surface area contributed by atoms with E-state index in [1.54, 1.807) is 0 Å². The van der Waals surface area contributed by atoms with Gasteiger partial charge in [0.05, 0.1) is 16.8 Å². The van der Waals surface area contributed by atoms with Crippen LogP contribution in [0.5, 0.6) is 0 Å². The Morgan fingerprint density at radius 2 is 0.739 bits per heavy atom. The lowest BCUT2D eigenvalue weighted by atomic mass is 9.70.